The third kappa shape index (κ3) is 4.56. The summed E-state index contributed by atoms with van der Waals surface area (Å²) in [6.45, 7) is 4.59. The van der Waals surface area contributed by atoms with Crippen LogP contribution in [0.5, 0.6) is 0 Å². The molecule has 0 fully saturated rings. The van der Waals surface area contributed by atoms with E-state index < -0.39 is 0 Å². The number of nitrogens with two attached hydrogens (primary N) is 1. The van der Waals surface area contributed by atoms with Crippen molar-refractivity contribution in [3.63, 3.8) is 0 Å². The minimum atomic E-state index is -0.109. The molecule has 1 heterocycles. The molecule has 3 nitrogen and oxygen atoms in total. The first kappa shape index (κ1) is 14.9. The molecule has 17 heavy (non-hydrogen) atoms. The van der Waals surface area contributed by atoms with Gasteiger partial charge in [-0.25, -0.2) is 0 Å². The Kier molecular flexibility index (Phi) is 6.44. The summed E-state index contributed by atoms with van der Waals surface area (Å²) in [6.07, 6.45) is 0.769. The predicted octanol–water partition coefficient (Wildman–Crippen LogP) is 3.23. The summed E-state index contributed by atoms with van der Waals surface area (Å²) in [6, 6.07) is 3.83. The maximum Gasteiger partial charge on any atom is 0.107 e. The second-order valence-electron chi connectivity index (χ2n) is 4.04. The first-order valence-corrected chi connectivity index (χ1v) is 6.93. The van der Waals surface area contributed by atoms with E-state index in [1.54, 1.807) is 7.11 Å². The zero-order valence-electron chi connectivity index (χ0n) is 10.5. The summed E-state index contributed by atoms with van der Waals surface area (Å²) >= 11 is 7.47. The van der Waals surface area contributed by atoms with E-state index in [1.165, 1.54) is 11.3 Å². The van der Waals surface area contributed by atoms with Crippen molar-refractivity contribution < 1.29 is 9.47 Å². The van der Waals surface area contributed by atoms with Crippen molar-refractivity contribution in [1.82, 2.24) is 0 Å². The fourth-order valence-electron chi connectivity index (χ4n) is 1.60. The molecular formula is C12H20ClNO2S. The molecule has 0 spiro atoms. The summed E-state index contributed by atoms with van der Waals surface area (Å²) in [5, 5.41) is 0. The Morgan fingerprint density at radius 3 is 2.65 bits per heavy atom. The highest BCUT2D eigenvalue weighted by atomic mass is 35.5. The van der Waals surface area contributed by atoms with Crippen LogP contribution in [0.25, 0.3) is 0 Å². The van der Waals surface area contributed by atoms with E-state index >= 15 is 0 Å². The Morgan fingerprint density at radius 2 is 2.18 bits per heavy atom. The summed E-state index contributed by atoms with van der Waals surface area (Å²) in [4.78, 5) is 1.08. The smallest absolute Gasteiger partial charge is 0.107 e. The van der Waals surface area contributed by atoms with Gasteiger partial charge in [-0.15, -0.1) is 11.3 Å². The molecule has 98 valence electrons. The topological polar surface area (TPSA) is 44.5 Å². The highest BCUT2D eigenvalue weighted by Crippen LogP contribution is 2.32. The SMILES string of the molecule is CCC(N)C(OC(C)COC)c1ccc(Cl)s1. The van der Waals surface area contributed by atoms with Crippen LogP contribution in [-0.2, 0) is 9.47 Å². The molecule has 1 aromatic rings. The van der Waals surface area contributed by atoms with Gasteiger partial charge in [-0.1, -0.05) is 18.5 Å². The minimum Gasteiger partial charge on any atom is -0.382 e. The fraction of sp³-hybridized carbons (Fsp3) is 0.667. The lowest BCUT2D eigenvalue weighted by Gasteiger charge is -2.25. The van der Waals surface area contributed by atoms with Crippen LogP contribution in [0.3, 0.4) is 0 Å². The molecule has 0 aliphatic carbocycles. The van der Waals surface area contributed by atoms with Crippen molar-refractivity contribution in [3.8, 4) is 0 Å². The number of hydrogen-bond acceptors (Lipinski definition) is 4. The van der Waals surface area contributed by atoms with Gasteiger partial charge in [0.25, 0.3) is 0 Å². The van der Waals surface area contributed by atoms with Crippen LogP contribution in [0, 0.1) is 0 Å². The molecule has 2 N–H and O–H groups in total. The van der Waals surface area contributed by atoms with E-state index in [9.17, 15) is 0 Å². The van der Waals surface area contributed by atoms with E-state index in [-0.39, 0.29) is 18.2 Å². The molecule has 0 saturated carbocycles. The summed E-state index contributed by atoms with van der Waals surface area (Å²) < 4.78 is 11.8. The van der Waals surface area contributed by atoms with E-state index in [0.29, 0.717) is 6.61 Å². The van der Waals surface area contributed by atoms with Crippen molar-refractivity contribution >= 4 is 22.9 Å². The lowest BCUT2D eigenvalue weighted by atomic mass is 10.1. The standard InChI is InChI=1S/C12H20ClNO2S/c1-4-9(14)12(16-8(2)7-15-3)10-5-6-11(13)17-10/h5-6,8-9,12H,4,7,14H2,1-3H3. The normalized spacial score (nSPS) is 16.8. The molecule has 0 saturated heterocycles. The van der Waals surface area contributed by atoms with Crippen molar-refractivity contribution in [2.24, 2.45) is 5.73 Å². The monoisotopic (exact) mass is 277 g/mol. The van der Waals surface area contributed by atoms with E-state index in [2.05, 4.69) is 6.92 Å². The Bertz CT molecular complexity index is 332. The van der Waals surface area contributed by atoms with E-state index in [4.69, 9.17) is 26.8 Å². The molecule has 1 aromatic heterocycles. The van der Waals surface area contributed by atoms with Gasteiger partial charge >= 0.3 is 0 Å². The summed E-state index contributed by atoms with van der Waals surface area (Å²) in [5.41, 5.74) is 6.10. The van der Waals surface area contributed by atoms with E-state index in [0.717, 1.165) is 15.6 Å². The predicted molar refractivity (Wildman–Crippen MR) is 72.8 cm³/mol. The number of rotatable bonds is 7. The molecule has 0 amide bonds. The van der Waals surface area contributed by atoms with Crippen LogP contribution in [-0.4, -0.2) is 25.9 Å². The Hall–Kier alpha value is -0.130. The number of halogens is 1. The number of thiophene rings is 1. The lowest BCUT2D eigenvalue weighted by Crippen LogP contribution is -2.32. The zero-order chi connectivity index (χ0) is 12.8. The third-order valence-electron chi connectivity index (χ3n) is 2.51. The maximum atomic E-state index is 6.10. The summed E-state index contributed by atoms with van der Waals surface area (Å²) in [7, 11) is 1.66. The van der Waals surface area contributed by atoms with Gasteiger partial charge in [-0.05, 0) is 25.5 Å². The number of ether oxygens (including phenoxy) is 2. The lowest BCUT2D eigenvalue weighted by molar-refractivity contribution is -0.0492. The largest absolute Gasteiger partial charge is 0.382 e. The van der Waals surface area contributed by atoms with Crippen molar-refractivity contribution in [2.45, 2.75) is 38.5 Å². The Morgan fingerprint density at radius 1 is 1.47 bits per heavy atom. The zero-order valence-corrected chi connectivity index (χ0v) is 12.1. The molecule has 5 heteroatoms. The van der Waals surface area contributed by atoms with Gasteiger partial charge in [-0.2, -0.15) is 0 Å². The van der Waals surface area contributed by atoms with Gasteiger partial charge in [-0.3, -0.25) is 0 Å². The number of hydrogen-bond donors (Lipinski definition) is 1. The van der Waals surface area contributed by atoms with Crippen molar-refractivity contribution in [3.05, 3.63) is 21.3 Å². The van der Waals surface area contributed by atoms with Crippen molar-refractivity contribution in [1.29, 1.82) is 0 Å². The van der Waals surface area contributed by atoms with Gasteiger partial charge < -0.3 is 15.2 Å². The molecule has 0 aliphatic rings. The minimum absolute atomic E-state index is 0.0171. The first-order valence-electron chi connectivity index (χ1n) is 5.73. The van der Waals surface area contributed by atoms with Crippen LogP contribution in [0.4, 0.5) is 0 Å². The highest BCUT2D eigenvalue weighted by Gasteiger charge is 2.23. The molecule has 0 bridgehead atoms. The highest BCUT2D eigenvalue weighted by molar-refractivity contribution is 7.16. The Labute approximate surface area is 112 Å². The average molecular weight is 278 g/mol. The third-order valence-corrected chi connectivity index (χ3v) is 3.81. The first-order chi connectivity index (χ1) is 8.08. The molecule has 3 atom stereocenters. The van der Waals surface area contributed by atoms with Crippen LogP contribution in [0.15, 0.2) is 12.1 Å². The van der Waals surface area contributed by atoms with Gasteiger partial charge in [0.15, 0.2) is 0 Å². The maximum absolute atomic E-state index is 6.10. The fourth-order valence-corrected chi connectivity index (χ4v) is 2.77. The van der Waals surface area contributed by atoms with Crippen LogP contribution >= 0.6 is 22.9 Å². The van der Waals surface area contributed by atoms with E-state index in [1.807, 2.05) is 19.1 Å². The quantitative estimate of drug-likeness (QED) is 0.832. The van der Waals surface area contributed by atoms with Gasteiger partial charge in [0.05, 0.1) is 17.0 Å². The Balaban J connectivity index is 2.74. The molecule has 1 rings (SSSR count). The van der Waals surface area contributed by atoms with Gasteiger partial charge in [0.2, 0.25) is 0 Å². The molecule has 0 aromatic carbocycles. The molecular weight excluding hydrogens is 258 g/mol. The second kappa shape index (κ2) is 7.34. The summed E-state index contributed by atoms with van der Waals surface area (Å²) in [5.74, 6) is 0. The van der Waals surface area contributed by atoms with Crippen molar-refractivity contribution in [2.75, 3.05) is 13.7 Å². The van der Waals surface area contributed by atoms with Gasteiger partial charge in [0.1, 0.15) is 6.10 Å². The van der Waals surface area contributed by atoms with Crippen LogP contribution in [0.2, 0.25) is 4.34 Å². The molecule has 3 unspecified atom stereocenters. The molecule has 0 radical (unpaired) electrons. The van der Waals surface area contributed by atoms with Gasteiger partial charge in [0, 0.05) is 18.0 Å². The molecule has 0 aliphatic heterocycles. The number of methoxy groups -OCH3 is 1. The second-order valence-corrected chi connectivity index (χ2v) is 5.78. The van der Waals surface area contributed by atoms with Crippen LogP contribution < -0.4 is 5.73 Å². The average Bonchev–Trinajstić information content (AvgIpc) is 2.72. The van der Waals surface area contributed by atoms with Crippen LogP contribution in [0.1, 0.15) is 31.2 Å².